The average Bonchev–Trinajstić information content (AvgIpc) is 2.30. The first-order valence-electron chi connectivity index (χ1n) is 5.98. The second kappa shape index (κ2) is 8.50. The van der Waals surface area contributed by atoms with Gasteiger partial charge < -0.3 is 20.1 Å². The number of carbonyl (C=O) groups excluding carboxylic acids is 1. The maximum atomic E-state index is 11.4. The van der Waals surface area contributed by atoms with Crippen LogP contribution in [0.1, 0.15) is 19.8 Å². The zero-order valence-electron chi connectivity index (χ0n) is 9.96. The first-order valence-corrected chi connectivity index (χ1v) is 5.98. The molecule has 1 aliphatic heterocycles. The Kier molecular flexibility index (Phi) is 7.12. The highest BCUT2D eigenvalue weighted by molar-refractivity contribution is 5.77. The second-order valence-electron chi connectivity index (χ2n) is 3.86. The van der Waals surface area contributed by atoms with Gasteiger partial charge in [-0.15, -0.1) is 0 Å². The molecule has 1 heterocycles. The van der Waals surface area contributed by atoms with E-state index in [9.17, 15) is 4.79 Å². The van der Waals surface area contributed by atoms with Gasteiger partial charge in [0.1, 0.15) is 6.61 Å². The first-order chi connectivity index (χ1) is 7.83. The Morgan fingerprint density at radius 3 is 2.88 bits per heavy atom. The Labute approximate surface area is 96.9 Å². The predicted molar refractivity (Wildman–Crippen MR) is 61.3 cm³/mol. The van der Waals surface area contributed by atoms with Gasteiger partial charge in [-0.3, -0.25) is 4.79 Å². The first kappa shape index (κ1) is 13.4. The van der Waals surface area contributed by atoms with Crippen LogP contribution in [0.5, 0.6) is 0 Å². The highest BCUT2D eigenvalue weighted by atomic mass is 16.5. The van der Waals surface area contributed by atoms with Crippen LogP contribution in [0, 0.1) is 0 Å². The Morgan fingerprint density at radius 1 is 1.44 bits per heavy atom. The molecule has 0 aromatic rings. The highest BCUT2D eigenvalue weighted by Crippen LogP contribution is 2.05. The smallest absolute Gasteiger partial charge is 0.246 e. The van der Waals surface area contributed by atoms with Crippen LogP contribution in [-0.2, 0) is 14.3 Å². The number of hydrogen-bond acceptors (Lipinski definition) is 4. The quantitative estimate of drug-likeness (QED) is 0.600. The van der Waals surface area contributed by atoms with Crippen molar-refractivity contribution < 1.29 is 14.3 Å². The summed E-state index contributed by atoms with van der Waals surface area (Å²) in [6.07, 6.45) is 1.81. The van der Waals surface area contributed by atoms with Gasteiger partial charge in [0.2, 0.25) is 5.91 Å². The molecule has 0 spiro atoms. The third-order valence-corrected chi connectivity index (χ3v) is 2.49. The molecular formula is C11H22N2O3. The van der Waals surface area contributed by atoms with Gasteiger partial charge in [-0.05, 0) is 19.4 Å². The van der Waals surface area contributed by atoms with Crippen LogP contribution in [0.25, 0.3) is 0 Å². The molecule has 5 nitrogen and oxygen atoms in total. The van der Waals surface area contributed by atoms with Crippen molar-refractivity contribution in [2.24, 2.45) is 0 Å². The molecule has 0 aliphatic carbocycles. The zero-order chi connectivity index (χ0) is 11.6. The standard InChI is InChI=1S/C11H22N2O3/c1-2-12-5-8-16-9-11(14)13-10-3-6-15-7-4-10/h10,12H,2-9H2,1H3,(H,13,14). The molecular weight excluding hydrogens is 208 g/mol. The molecule has 1 saturated heterocycles. The van der Waals surface area contributed by atoms with E-state index < -0.39 is 0 Å². The lowest BCUT2D eigenvalue weighted by Gasteiger charge is -2.23. The van der Waals surface area contributed by atoms with Crippen LogP contribution >= 0.6 is 0 Å². The summed E-state index contributed by atoms with van der Waals surface area (Å²) in [7, 11) is 0. The van der Waals surface area contributed by atoms with Crippen LogP contribution in [0.3, 0.4) is 0 Å². The van der Waals surface area contributed by atoms with Gasteiger partial charge in [0.15, 0.2) is 0 Å². The van der Waals surface area contributed by atoms with Crippen molar-refractivity contribution in [3.05, 3.63) is 0 Å². The Hall–Kier alpha value is -0.650. The van der Waals surface area contributed by atoms with Crippen molar-refractivity contribution in [1.82, 2.24) is 10.6 Å². The fourth-order valence-electron chi connectivity index (χ4n) is 1.60. The molecule has 1 fully saturated rings. The summed E-state index contributed by atoms with van der Waals surface area (Å²) in [4.78, 5) is 11.4. The van der Waals surface area contributed by atoms with Gasteiger partial charge >= 0.3 is 0 Å². The molecule has 2 N–H and O–H groups in total. The van der Waals surface area contributed by atoms with Crippen LogP contribution in [0.2, 0.25) is 0 Å². The van der Waals surface area contributed by atoms with Crippen LogP contribution in [0.15, 0.2) is 0 Å². The van der Waals surface area contributed by atoms with E-state index in [1.165, 1.54) is 0 Å². The van der Waals surface area contributed by atoms with Crippen molar-refractivity contribution in [3.63, 3.8) is 0 Å². The fraction of sp³-hybridized carbons (Fsp3) is 0.909. The van der Waals surface area contributed by atoms with Gasteiger partial charge in [0, 0.05) is 25.8 Å². The minimum atomic E-state index is -0.0246. The number of carbonyl (C=O) groups is 1. The number of hydrogen-bond donors (Lipinski definition) is 2. The summed E-state index contributed by atoms with van der Waals surface area (Å²) in [5.74, 6) is -0.0246. The van der Waals surface area contributed by atoms with E-state index in [0.29, 0.717) is 6.61 Å². The molecule has 0 aromatic carbocycles. The number of nitrogens with one attached hydrogen (secondary N) is 2. The fourth-order valence-corrected chi connectivity index (χ4v) is 1.60. The predicted octanol–water partition coefficient (Wildman–Crippen LogP) is -0.0923. The van der Waals surface area contributed by atoms with Crippen molar-refractivity contribution in [1.29, 1.82) is 0 Å². The van der Waals surface area contributed by atoms with E-state index in [-0.39, 0.29) is 18.6 Å². The maximum absolute atomic E-state index is 11.4. The summed E-state index contributed by atoms with van der Waals surface area (Å²) in [6.45, 7) is 5.98. The van der Waals surface area contributed by atoms with Crippen molar-refractivity contribution in [2.75, 3.05) is 39.5 Å². The molecule has 0 unspecified atom stereocenters. The third kappa shape index (κ3) is 6.05. The highest BCUT2D eigenvalue weighted by Gasteiger charge is 2.15. The molecule has 16 heavy (non-hydrogen) atoms. The van der Waals surface area contributed by atoms with Crippen LogP contribution in [-0.4, -0.2) is 51.5 Å². The normalized spacial score (nSPS) is 17.3. The molecule has 0 atom stereocenters. The van der Waals surface area contributed by atoms with E-state index in [1.807, 2.05) is 6.92 Å². The summed E-state index contributed by atoms with van der Waals surface area (Å²) in [6, 6.07) is 0.263. The largest absolute Gasteiger partial charge is 0.381 e. The number of likely N-dealkylation sites (N-methyl/N-ethyl adjacent to an activating group) is 1. The average molecular weight is 230 g/mol. The molecule has 0 radical (unpaired) electrons. The molecule has 1 amide bonds. The lowest BCUT2D eigenvalue weighted by Crippen LogP contribution is -2.40. The molecule has 0 aromatic heterocycles. The Bertz CT molecular complexity index is 194. The van der Waals surface area contributed by atoms with E-state index >= 15 is 0 Å². The number of amides is 1. The van der Waals surface area contributed by atoms with E-state index in [2.05, 4.69) is 10.6 Å². The topological polar surface area (TPSA) is 59.6 Å². The summed E-state index contributed by atoms with van der Waals surface area (Å²) in [5, 5.41) is 6.08. The van der Waals surface area contributed by atoms with Gasteiger partial charge in [-0.2, -0.15) is 0 Å². The van der Waals surface area contributed by atoms with Gasteiger partial charge in [0.25, 0.3) is 0 Å². The SMILES string of the molecule is CCNCCOCC(=O)NC1CCOCC1. The van der Waals surface area contributed by atoms with E-state index in [0.717, 1.165) is 39.1 Å². The van der Waals surface area contributed by atoms with Gasteiger partial charge in [0.05, 0.1) is 6.61 Å². The van der Waals surface area contributed by atoms with Crippen LogP contribution in [0.4, 0.5) is 0 Å². The Balaban J connectivity index is 1.97. The van der Waals surface area contributed by atoms with Crippen LogP contribution < -0.4 is 10.6 Å². The molecule has 0 bridgehead atoms. The summed E-state index contributed by atoms with van der Waals surface area (Å²) in [5.41, 5.74) is 0. The second-order valence-corrected chi connectivity index (χ2v) is 3.86. The molecule has 0 saturated carbocycles. The zero-order valence-corrected chi connectivity index (χ0v) is 9.96. The van der Waals surface area contributed by atoms with E-state index in [1.54, 1.807) is 0 Å². The minimum Gasteiger partial charge on any atom is -0.381 e. The lowest BCUT2D eigenvalue weighted by atomic mass is 10.1. The monoisotopic (exact) mass is 230 g/mol. The molecule has 1 aliphatic rings. The van der Waals surface area contributed by atoms with Crippen molar-refractivity contribution in [2.45, 2.75) is 25.8 Å². The van der Waals surface area contributed by atoms with E-state index in [4.69, 9.17) is 9.47 Å². The van der Waals surface area contributed by atoms with Gasteiger partial charge in [-0.25, -0.2) is 0 Å². The maximum Gasteiger partial charge on any atom is 0.246 e. The molecule has 94 valence electrons. The summed E-state index contributed by atoms with van der Waals surface area (Å²) >= 11 is 0. The molecule has 5 heteroatoms. The molecule has 1 rings (SSSR count). The third-order valence-electron chi connectivity index (χ3n) is 2.49. The van der Waals surface area contributed by atoms with Crippen molar-refractivity contribution >= 4 is 5.91 Å². The van der Waals surface area contributed by atoms with Gasteiger partial charge in [-0.1, -0.05) is 6.92 Å². The number of rotatable bonds is 7. The number of ether oxygens (including phenoxy) is 2. The minimum absolute atomic E-state index is 0.0246. The van der Waals surface area contributed by atoms with Crippen molar-refractivity contribution in [3.8, 4) is 0 Å². The Morgan fingerprint density at radius 2 is 2.19 bits per heavy atom. The summed E-state index contributed by atoms with van der Waals surface area (Å²) < 4.78 is 10.4. The lowest BCUT2D eigenvalue weighted by molar-refractivity contribution is -0.126.